The Morgan fingerprint density at radius 2 is 0.806 bits per heavy atom. The molecule has 0 heterocycles. The topological polar surface area (TPSA) is 57.5 Å². The molecule has 31 heavy (non-hydrogen) atoms. The first kappa shape index (κ1) is 30.4. The highest BCUT2D eigenvalue weighted by Crippen LogP contribution is 2.16. The summed E-state index contributed by atoms with van der Waals surface area (Å²) in [4.78, 5) is 10.4. The van der Waals surface area contributed by atoms with Crippen molar-refractivity contribution >= 4 is 5.97 Å². The lowest BCUT2D eigenvalue weighted by molar-refractivity contribution is -0.137. The molecule has 0 bridgehead atoms. The molecule has 3 nitrogen and oxygen atoms in total. The van der Waals surface area contributed by atoms with Crippen LogP contribution in [0.15, 0.2) is 0 Å². The van der Waals surface area contributed by atoms with Gasteiger partial charge in [0.2, 0.25) is 0 Å². The van der Waals surface area contributed by atoms with Crippen molar-refractivity contribution < 1.29 is 15.0 Å². The zero-order chi connectivity index (χ0) is 22.8. The summed E-state index contributed by atoms with van der Waals surface area (Å²) in [5.41, 5.74) is 0. The van der Waals surface area contributed by atoms with Crippen LogP contribution in [0.5, 0.6) is 0 Å². The van der Waals surface area contributed by atoms with Gasteiger partial charge in [0.05, 0.1) is 6.10 Å². The molecule has 0 aliphatic carbocycles. The molecule has 0 aromatic carbocycles. The third kappa shape index (κ3) is 27.4. The van der Waals surface area contributed by atoms with E-state index in [1.165, 1.54) is 116 Å². The van der Waals surface area contributed by atoms with Gasteiger partial charge in [-0.05, 0) is 19.3 Å². The molecule has 0 saturated carbocycles. The lowest BCUT2D eigenvalue weighted by atomic mass is 10.0. The smallest absolute Gasteiger partial charge is 0.303 e. The van der Waals surface area contributed by atoms with E-state index in [-0.39, 0.29) is 6.10 Å². The number of hydrogen-bond donors (Lipinski definition) is 2. The van der Waals surface area contributed by atoms with Crippen LogP contribution in [-0.2, 0) is 4.79 Å². The lowest BCUT2D eigenvalue weighted by Crippen LogP contribution is -2.05. The largest absolute Gasteiger partial charge is 0.481 e. The standard InChI is InChI=1S/C28H56O3/c1-2-3-4-5-6-7-8-9-10-11-12-15-18-21-24-27(29)25-22-19-16-13-14-17-20-23-26-28(30)31/h27,29H,2-26H2,1H3,(H,30,31). The van der Waals surface area contributed by atoms with Crippen LogP contribution in [0.4, 0.5) is 0 Å². The minimum absolute atomic E-state index is 0.0895. The van der Waals surface area contributed by atoms with Crippen molar-refractivity contribution in [1.82, 2.24) is 0 Å². The van der Waals surface area contributed by atoms with Crippen LogP contribution in [0.2, 0.25) is 0 Å². The molecule has 0 rings (SSSR count). The predicted octanol–water partition coefficient (Wildman–Crippen LogP) is 9.20. The Labute approximate surface area is 194 Å². The Bertz CT molecular complexity index is 356. The van der Waals surface area contributed by atoms with Crippen LogP contribution in [0.1, 0.15) is 167 Å². The molecular weight excluding hydrogens is 384 g/mol. The first-order chi connectivity index (χ1) is 15.2. The summed E-state index contributed by atoms with van der Waals surface area (Å²) in [5.74, 6) is -0.673. The Morgan fingerprint density at radius 3 is 1.13 bits per heavy atom. The molecule has 2 N–H and O–H groups in total. The maximum Gasteiger partial charge on any atom is 0.303 e. The van der Waals surface area contributed by atoms with Gasteiger partial charge in [-0.3, -0.25) is 4.79 Å². The normalized spacial score (nSPS) is 12.3. The minimum atomic E-state index is -0.673. The minimum Gasteiger partial charge on any atom is -0.481 e. The highest BCUT2D eigenvalue weighted by molar-refractivity contribution is 5.66. The fraction of sp³-hybridized carbons (Fsp3) is 0.964. The van der Waals surface area contributed by atoms with Crippen molar-refractivity contribution in [3.8, 4) is 0 Å². The molecule has 0 aromatic rings. The monoisotopic (exact) mass is 440 g/mol. The number of unbranched alkanes of at least 4 members (excludes halogenated alkanes) is 20. The molecule has 0 saturated heterocycles. The third-order valence-corrected chi connectivity index (χ3v) is 6.57. The zero-order valence-corrected chi connectivity index (χ0v) is 21.1. The van der Waals surface area contributed by atoms with E-state index in [2.05, 4.69) is 6.92 Å². The molecule has 1 atom stereocenters. The van der Waals surface area contributed by atoms with Crippen LogP contribution in [-0.4, -0.2) is 22.3 Å². The van der Waals surface area contributed by atoms with Crippen molar-refractivity contribution in [3.63, 3.8) is 0 Å². The van der Waals surface area contributed by atoms with E-state index in [1.807, 2.05) is 0 Å². The van der Waals surface area contributed by atoms with Gasteiger partial charge in [0.15, 0.2) is 0 Å². The van der Waals surface area contributed by atoms with Crippen molar-refractivity contribution in [1.29, 1.82) is 0 Å². The number of hydrogen-bond acceptors (Lipinski definition) is 2. The fourth-order valence-electron chi connectivity index (χ4n) is 4.44. The average molecular weight is 441 g/mol. The maximum absolute atomic E-state index is 10.4. The number of carbonyl (C=O) groups is 1. The lowest BCUT2D eigenvalue weighted by Gasteiger charge is -2.10. The van der Waals surface area contributed by atoms with Gasteiger partial charge in [-0.2, -0.15) is 0 Å². The van der Waals surface area contributed by atoms with Gasteiger partial charge in [0, 0.05) is 6.42 Å². The van der Waals surface area contributed by atoms with E-state index >= 15 is 0 Å². The molecule has 0 aliphatic heterocycles. The third-order valence-electron chi connectivity index (χ3n) is 6.57. The van der Waals surface area contributed by atoms with Crippen LogP contribution >= 0.6 is 0 Å². The first-order valence-electron chi connectivity index (χ1n) is 14.1. The van der Waals surface area contributed by atoms with Crippen molar-refractivity contribution in [2.24, 2.45) is 0 Å². The van der Waals surface area contributed by atoms with Crippen LogP contribution < -0.4 is 0 Å². The molecule has 0 fully saturated rings. The highest BCUT2D eigenvalue weighted by Gasteiger charge is 2.04. The van der Waals surface area contributed by atoms with Gasteiger partial charge in [-0.15, -0.1) is 0 Å². The Kier molecular flexibility index (Phi) is 25.2. The van der Waals surface area contributed by atoms with Gasteiger partial charge in [0.1, 0.15) is 0 Å². The second-order valence-corrected chi connectivity index (χ2v) is 9.80. The molecular formula is C28H56O3. The summed E-state index contributed by atoms with van der Waals surface area (Å²) >= 11 is 0. The summed E-state index contributed by atoms with van der Waals surface area (Å²) in [6.45, 7) is 2.28. The van der Waals surface area contributed by atoms with E-state index in [0.29, 0.717) is 6.42 Å². The molecule has 0 amide bonds. The summed E-state index contributed by atoms with van der Waals surface area (Å²) in [5, 5.41) is 18.7. The molecule has 0 aliphatic rings. The number of rotatable bonds is 26. The molecule has 1 unspecified atom stereocenters. The Hall–Kier alpha value is -0.570. The zero-order valence-electron chi connectivity index (χ0n) is 21.1. The summed E-state index contributed by atoms with van der Waals surface area (Å²) in [6, 6.07) is 0. The van der Waals surface area contributed by atoms with Crippen molar-refractivity contribution in [2.75, 3.05) is 0 Å². The molecule has 3 heteroatoms. The van der Waals surface area contributed by atoms with E-state index in [9.17, 15) is 9.90 Å². The van der Waals surface area contributed by atoms with E-state index in [1.54, 1.807) is 0 Å². The molecule has 0 radical (unpaired) electrons. The quantitative estimate of drug-likeness (QED) is 0.132. The number of carboxylic acids is 1. The van der Waals surface area contributed by atoms with E-state index in [0.717, 1.165) is 38.5 Å². The average Bonchev–Trinajstić information content (AvgIpc) is 2.75. The van der Waals surface area contributed by atoms with Crippen molar-refractivity contribution in [2.45, 2.75) is 174 Å². The second kappa shape index (κ2) is 25.7. The van der Waals surface area contributed by atoms with E-state index in [4.69, 9.17) is 5.11 Å². The number of aliphatic hydroxyl groups excluding tert-OH is 1. The van der Waals surface area contributed by atoms with Crippen LogP contribution in [0, 0.1) is 0 Å². The van der Waals surface area contributed by atoms with E-state index < -0.39 is 5.97 Å². The molecule has 186 valence electrons. The van der Waals surface area contributed by atoms with Crippen LogP contribution in [0.3, 0.4) is 0 Å². The highest BCUT2D eigenvalue weighted by atomic mass is 16.4. The predicted molar refractivity (Wildman–Crippen MR) is 135 cm³/mol. The van der Waals surface area contributed by atoms with Gasteiger partial charge in [-0.1, -0.05) is 142 Å². The fourth-order valence-corrected chi connectivity index (χ4v) is 4.44. The molecule has 0 aromatic heterocycles. The SMILES string of the molecule is CCCCCCCCCCCCCCCCC(O)CCCCCCCCCCC(=O)O. The number of carboxylic acid groups (broad SMARTS) is 1. The summed E-state index contributed by atoms with van der Waals surface area (Å²) < 4.78 is 0. The second-order valence-electron chi connectivity index (χ2n) is 9.80. The summed E-state index contributed by atoms with van der Waals surface area (Å²) in [6.07, 6.45) is 30.7. The maximum atomic E-state index is 10.4. The summed E-state index contributed by atoms with van der Waals surface area (Å²) in [7, 11) is 0. The van der Waals surface area contributed by atoms with Crippen LogP contribution in [0.25, 0.3) is 0 Å². The number of aliphatic carboxylic acids is 1. The Morgan fingerprint density at radius 1 is 0.516 bits per heavy atom. The van der Waals surface area contributed by atoms with Gasteiger partial charge >= 0.3 is 5.97 Å². The molecule has 0 spiro atoms. The first-order valence-corrected chi connectivity index (χ1v) is 14.1. The van der Waals surface area contributed by atoms with Crippen molar-refractivity contribution in [3.05, 3.63) is 0 Å². The Balaban J connectivity index is 3.15. The number of aliphatic hydroxyl groups is 1. The van der Waals surface area contributed by atoms with Gasteiger partial charge in [0.25, 0.3) is 0 Å². The van der Waals surface area contributed by atoms with Gasteiger partial charge in [-0.25, -0.2) is 0 Å². The van der Waals surface area contributed by atoms with Gasteiger partial charge < -0.3 is 10.2 Å².